The Balaban J connectivity index is 1.77. The lowest BCUT2D eigenvalue weighted by molar-refractivity contribution is 0.104. The molecule has 0 bridgehead atoms. The summed E-state index contributed by atoms with van der Waals surface area (Å²) in [6.07, 6.45) is 4.66. The smallest absolute Gasteiger partial charge is 0.185 e. The first kappa shape index (κ1) is 12.7. The van der Waals surface area contributed by atoms with E-state index in [1.165, 1.54) is 5.56 Å². The molecule has 1 aliphatic rings. The zero-order chi connectivity index (χ0) is 13.9. The molecule has 0 saturated carbocycles. The van der Waals surface area contributed by atoms with Crippen LogP contribution in [0.3, 0.4) is 0 Å². The fraction of sp³-hybridized carbons (Fsp3) is 0.167. The number of fused-ring (bicyclic) bond motifs is 1. The standard InChI is InChI=1S/C18H16O2/c1-13-11-16-12-14(8-10-18(16)20-13)7-9-17(19)15-5-3-2-4-6-15/h2-10,12-13H,11H2,1H3. The number of hydrogen-bond acceptors (Lipinski definition) is 2. The lowest BCUT2D eigenvalue weighted by Gasteiger charge is -2.01. The van der Waals surface area contributed by atoms with Gasteiger partial charge in [0.2, 0.25) is 0 Å². The van der Waals surface area contributed by atoms with E-state index in [-0.39, 0.29) is 11.9 Å². The van der Waals surface area contributed by atoms with Gasteiger partial charge in [-0.2, -0.15) is 0 Å². The molecule has 2 nitrogen and oxygen atoms in total. The van der Waals surface area contributed by atoms with Crippen LogP contribution in [0.4, 0.5) is 0 Å². The van der Waals surface area contributed by atoms with Crippen LogP contribution in [0.1, 0.15) is 28.4 Å². The van der Waals surface area contributed by atoms with Gasteiger partial charge in [0.1, 0.15) is 11.9 Å². The highest BCUT2D eigenvalue weighted by molar-refractivity contribution is 6.06. The molecule has 1 heterocycles. The zero-order valence-corrected chi connectivity index (χ0v) is 11.4. The summed E-state index contributed by atoms with van der Waals surface area (Å²) >= 11 is 0. The number of carbonyl (C=O) groups excluding carboxylic acids is 1. The van der Waals surface area contributed by atoms with Crippen LogP contribution in [0.25, 0.3) is 6.08 Å². The van der Waals surface area contributed by atoms with Crippen LogP contribution in [0.2, 0.25) is 0 Å². The topological polar surface area (TPSA) is 26.3 Å². The minimum Gasteiger partial charge on any atom is -0.490 e. The molecule has 0 aliphatic carbocycles. The molecular formula is C18H16O2. The Bertz CT molecular complexity index is 656. The Kier molecular flexibility index (Phi) is 3.38. The van der Waals surface area contributed by atoms with Crippen molar-refractivity contribution in [3.05, 3.63) is 71.3 Å². The fourth-order valence-corrected chi connectivity index (χ4v) is 2.42. The monoisotopic (exact) mass is 264 g/mol. The SMILES string of the molecule is CC1Cc2cc(C=CC(=O)c3ccccc3)ccc2O1. The van der Waals surface area contributed by atoms with Crippen LogP contribution < -0.4 is 4.74 Å². The average Bonchev–Trinajstić information content (AvgIpc) is 2.85. The highest BCUT2D eigenvalue weighted by Gasteiger charge is 2.18. The second kappa shape index (κ2) is 5.33. The molecule has 3 rings (SSSR count). The van der Waals surface area contributed by atoms with E-state index >= 15 is 0 Å². The molecule has 1 aliphatic heterocycles. The summed E-state index contributed by atoms with van der Waals surface area (Å²) in [4.78, 5) is 12.0. The summed E-state index contributed by atoms with van der Waals surface area (Å²) < 4.78 is 5.67. The molecule has 20 heavy (non-hydrogen) atoms. The van der Waals surface area contributed by atoms with E-state index in [2.05, 4.69) is 13.0 Å². The largest absolute Gasteiger partial charge is 0.490 e. The van der Waals surface area contributed by atoms with Crippen molar-refractivity contribution in [2.45, 2.75) is 19.4 Å². The van der Waals surface area contributed by atoms with Crippen molar-refractivity contribution in [1.82, 2.24) is 0 Å². The van der Waals surface area contributed by atoms with Gasteiger partial charge in [-0.25, -0.2) is 0 Å². The van der Waals surface area contributed by atoms with Crippen LogP contribution in [0, 0.1) is 0 Å². The van der Waals surface area contributed by atoms with E-state index in [4.69, 9.17) is 4.74 Å². The second-order valence-corrected chi connectivity index (χ2v) is 5.06. The molecule has 2 aromatic rings. The molecule has 1 unspecified atom stereocenters. The van der Waals surface area contributed by atoms with Crippen LogP contribution in [0.5, 0.6) is 5.75 Å². The maximum atomic E-state index is 12.0. The van der Waals surface area contributed by atoms with Gasteiger partial charge in [-0.1, -0.05) is 42.5 Å². The molecule has 100 valence electrons. The summed E-state index contributed by atoms with van der Waals surface area (Å²) in [7, 11) is 0. The number of carbonyl (C=O) groups is 1. The van der Waals surface area contributed by atoms with Crippen molar-refractivity contribution < 1.29 is 9.53 Å². The number of rotatable bonds is 3. The lowest BCUT2D eigenvalue weighted by atomic mass is 10.1. The number of ketones is 1. The number of hydrogen-bond donors (Lipinski definition) is 0. The van der Waals surface area contributed by atoms with E-state index < -0.39 is 0 Å². The van der Waals surface area contributed by atoms with E-state index in [1.807, 2.05) is 48.5 Å². The van der Waals surface area contributed by atoms with Crippen molar-refractivity contribution in [2.24, 2.45) is 0 Å². The summed E-state index contributed by atoms with van der Waals surface area (Å²) in [5.41, 5.74) is 2.96. The van der Waals surface area contributed by atoms with Crippen LogP contribution >= 0.6 is 0 Å². The molecule has 0 radical (unpaired) electrons. The van der Waals surface area contributed by atoms with E-state index in [0.717, 1.165) is 17.7 Å². The van der Waals surface area contributed by atoms with Crippen LogP contribution in [-0.4, -0.2) is 11.9 Å². The van der Waals surface area contributed by atoms with Crippen molar-refractivity contribution >= 4 is 11.9 Å². The minimum absolute atomic E-state index is 0.0238. The summed E-state index contributed by atoms with van der Waals surface area (Å²) in [6.45, 7) is 2.06. The highest BCUT2D eigenvalue weighted by atomic mass is 16.5. The van der Waals surface area contributed by atoms with Crippen molar-refractivity contribution in [1.29, 1.82) is 0 Å². The zero-order valence-electron chi connectivity index (χ0n) is 11.4. The van der Waals surface area contributed by atoms with Gasteiger partial charge in [0.05, 0.1) is 0 Å². The van der Waals surface area contributed by atoms with Crippen molar-refractivity contribution in [3.8, 4) is 5.75 Å². The summed E-state index contributed by atoms with van der Waals surface area (Å²) in [5.74, 6) is 0.986. The van der Waals surface area contributed by atoms with Gasteiger partial charge in [0.15, 0.2) is 5.78 Å². The van der Waals surface area contributed by atoms with Gasteiger partial charge in [0, 0.05) is 12.0 Å². The molecule has 0 spiro atoms. The molecule has 0 N–H and O–H groups in total. The second-order valence-electron chi connectivity index (χ2n) is 5.06. The Morgan fingerprint density at radius 1 is 1.20 bits per heavy atom. The predicted octanol–water partition coefficient (Wildman–Crippen LogP) is 3.91. The lowest BCUT2D eigenvalue weighted by Crippen LogP contribution is -2.05. The third-order valence-electron chi connectivity index (χ3n) is 3.41. The van der Waals surface area contributed by atoms with E-state index in [9.17, 15) is 4.79 Å². The molecule has 2 heteroatoms. The number of allylic oxidation sites excluding steroid dienone is 1. The van der Waals surface area contributed by atoms with Crippen molar-refractivity contribution in [3.63, 3.8) is 0 Å². The third kappa shape index (κ3) is 2.64. The fourth-order valence-electron chi connectivity index (χ4n) is 2.42. The van der Waals surface area contributed by atoms with Crippen molar-refractivity contribution in [2.75, 3.05) is 0 Å². The van der Waals surface area contributed by atoms with Gasteiger partial charge in [-0.3, -0.25) is 4.79 Å². The number of ether oxygens (including phenoxy) is 1. The van der Waals surface area contributed by atoms with E-state index in [1.54, 1.807) is 6.08 Å². The molecular weight excluding hydrogens is 248 g/mol. The Hall–Kier alpha value is -2.35. The summed E-state index contributed by atoms with van der Waals surface area (Å²) in [5, 5.41) is 0. The first-order valence-electron chi connectivity index (χ1n) is 6.79. The van der Waals surface area contributed by atoms with Crippen LogP contribution in [0.15, 0.2) is 54.6 Å². The Morgan fingerprint density at radius 2 is 2.00 bits per heavy atom. The highest BCUT2D eigenvalue weighted by Crippen LogP contribution is 2.29. The normalized spacial score (nSPS) is 16.9. The molecule has 0 amide bonds. The third-order valence-corrected chi connectivity index (χ3v) is 3.41. The van der Waals surface area contributed by atoms with Gasteiger partial charge in [-0.15, -0.1) is 0 Å². The average molecular weight is 264 g/mol. The van der Waals surface area contributed by atoms with Gasteiger partial charge >= 0.3 is 0 Å². The van der Waals surface area contributed by atoms with Gasteiger partial charge < -0.3 is 4.74 Å². The first-order chi connectivity index (χ1) is 9.72. The quantitative estimate of drug-likeness (QED) is 0.620. The number of benzene rings is 2. The molecule has 0 saturated heterocycles. The molecule has 2 aromatic carbocycles. The molecule has 0 aromatic heterocycles. The maximum absolute atomic E-state index is 12.0. The van der Waals surface area contributed by atoms with Gasteiger partial charge in [-0.05, 0) is 36.3 Å². The molecule has 0 fully saturated rings. The predicted molar refractivity (Wildman–Crippen MR) is 80.0 cm³/mol. The summed E-state index contributed by atoms with van der Waals surface area (Å²) in [6, 6.07) is 15.3. The van der Waals surface area contributed by atoms with Crippen LogP contribution in [-0.2, 0) is 6.42 Å². The minimum atomic E-state index is 0.0238. The molecule has 1 atom stereocenters. The first-order valence-corrected chi connectivity index (χ1v) is 6.79. The van der Waals surface area contributed by atoms with Gasteiger partial charge in [0.25, 0.3) is 0 Å². The van der Waals surface area contributed by atoms with E-state index in [0.29, 0.717) is 5.56 Å². The Labute approximate surface area is 118 Å². The Morgan fingerprint density at radius 3 is 2.80 bits per heavy atom. The maximum Gasteiger partial charge on any atom is 0.185 e.